The van der Waals surface area contributed by atoms with E-state index >= 15 is 0 Å². The van der Waals surface area contributed by atoms with E-state index in [9.17, 15) is 9.59 Å². The molecule has 0 aromatic carbocycles. The third-order valence-corrected chi connectivity index (χ3v) is 2.38. The van der Waals surface area contributed by atoms with Gasteiger partial charge in [0, 0.05) is 31.0 Å². The van der Waals surface area contributed by atoms with Crippen LogP contribution in [-0.2, 0) is 0 Å². The van der Waals surface area contributed by atoms with Crippen molar-refractivity contribution < 1.29 is 14.0 Å². The fourth-order valence-corrected chi connectivity index (χ4v) is 1.45. The molecule has 0 unspecified atom stereocenters. The highest BCUT2D eigenvalue weighted by molar-refractivity contribution is 5.94. The monoisotopic (exact) mass is 259 g/mol. The van der Waals surface area contributed by atoms with Gasteiger partial charge in [0.1, 0.15) is 0 Å². The Bertz CT molecular complexity index is 538. The van der Waals surface area contributed by atoms with Crippen LogP contribution in [-0.4, -0.2) is 29.9 Å². The molecule has 2 heterocycles. The van der Waals surface area contributed by atoms with Gasteiger partial charge in [0.2, 0.25) is 0 Å². The SMILES string of the molecule is O=C(NCCNC(=O)c1ccco1)c1ccncc1. The standard InChI is InChI=1S/C13H13N3O3/c17-12(10-3-5-14-6-4-10)15-7-8-16-13(18)11-2-1-9-19-11/h1-6,9H,7-8H2,(H,15,17)(H,16,18). The molecule has 19 heavy (non-hydrogen) atoms. The lowest BCUT2D eigenvalue weighted by Gasteiger charge is -2.05. The number of hydrogen-bond donors (Lipinski definition) is 2. The predicted molar refractivity (Wildman–Crippen MR) is 67.6 cm³/mol. The molecule has 6 heteroatoms. The first-order chi connectivity index (χ1) is 9.27. The smallest absolute Gasteiger partial charge is 0.287 e. The lowest BCUT2D eigenvalue weighted by Crippen LogP contribution is -2.34. The van der Waals surface area contributed by atoms with Crippen molar-refractivity contribution in [1.82, 2.24) is 15.6 Å². The van der Waals surface area contributed by atoms with E-state index in [2.05, 4.69) is 15.6 Å². The molecule has 0 aliphatic heterocycles. The minimum atomic E-state index is -0.303. The molecule has 98 valence electrons. The highest BCUT2D eigenvalue weighted by Gasteiger charge is 2.07. The molecule has 2 rings (SSSR count). The summed E-state index contributed by atoms with van der Waals surface area (Å²) in [6.07, 6.45) is 4.53. The summed E-state index contributed by atoms with van der Waals surface area (Å²) in [6, 6.07) is 6.46. The van der Waals surface area contributed by atoms with Crippen molar-refractivity contribution in [2.45, 2.75) is 0 Å². The van der Waals surface area contributed by atoms with E-state index in [0.717, 1.165) is 0 Å². The molecule has 6 nitrogen and oxygen atoms in total. The Morgan fingerprint density at radius 2 is 1.74 bits per heavy atom. The van der Waals surface area contributed by atoms with Gasteiger partial charge in [0.15, 0.2) is 5.76 Å². The van der Waals surface area contributed by atoms with Gasteiger partial charge in [-0.3, -0.25) is 14.6 Å². The highest BCUT2D eigenvalue weighted by atomic mass is 16.3. The lowest BCUT2D eigenvalue weighted by molar-refractivity contribution is 0.0910. The molecule has 0 atom stereocenters. The normalized spacial score (nSPS) is 9.89. The number of furan rings is 1. The summed E-state index contributed by atoms with van der Waals surface area (Å²) in [4.78, 5) is 27.0. The van der Waals surface area contributed by atoms with Crippen LogP contribution >= 0.6 is 0 Å². The first-order valence-corrected chi connectivity index (χ1v) is 5.77. The number of carbonyl (C=O) groups excluding carboxylic acids is 2. The lowest BCUT2D eigenvalue weighted by atomic mass is 10.2. The maximum absolute atomic E-state index is 11.6. The summed E-state index contributed by atoms with van der Waals surface area (Å²) in [5.74, 6) is -0.252. The third kappa shape index (κ3) is 3.67. The van der Waals surface area contributed by atoms with Crippen LogP contribution in [0.25, 0.3) is 0 Å². The van der Waals surface area contributed by atoms with Gasteiger partial charge >= 0.3 is 0 Å². The molecular weight excluding hydrogens is 246 g/mol. The van der Waals surface area contributed by atoms with Crippen LogP contribution in [0.2, 0.25) is 0 Å². The van der Waals surface area contributed by atoms with Crippen LogP contribution in [0.5, 0.6) is 0 Å². The van der Waals surface area contributed by atoms with Crippen molar-refractivity contribution in [3.8, 4) is 0 Å². The van der Waals surface area contributed by atoms with Crippen molar-refractivity contribution in [3.63, 3.8) is 0 Å². The van der Waals surface area contributed by atoms with Crippen LogP contribution in [0.4, 0.5) is 0 Å². The third-order valence-electron chi connectivity index (χ3n) is 2.38. The van der Waals surface area contributed by atoms with E-state index in [1.54, 1.807) is 36.7 Å². The number of carbonyl (C=O) groups is 2. The number of aromatic nitrogens is 1. The van der Waals surface area contributed by atoms with Crippen LogP contribution in [0.1, 0.15) is 20.9 Å². The number of amides is 2. The Morgan fingerprint density at radius 3 is 2.37 bits per heavy atom. The number of nitrogens with zero attached hydrogens (tertiary/aromatic N) is 1. The molecule has 0 aliphatic rings. The highest BCUT2D eigenvalue weighted by Crippen LogP contribution is 1.98. The van der Waals surface area contributed by atoms with Crippen molar-refractivity contribution in [2.75, 3.05) is 13.1 Å². The molecular formula is C13H13N3O3. The quantitative estimate of drug-likeness (QED) is 0.779. The Balaban J connectivity index is 1.70. The number of nitrogens with one attached hydrogen (secondary N) is 2. The zero-order valence-electron chi connectivity index (χ0n) is 10.1. The molecule has 0 bridgehead atoms. The molecule has 2 amide bonds. The van der Waals surface area contributed by atoms with Crippen molar-refractivity contribution in [1.29, 1.82) is 0 Å². The van der Waals surface area contributed by atoms with Crippen molar-refractivity contribution >= 4 is 11.8 Å². The van der Waals surface area contributed by atoms with Crippen LogP contribution in [0.3, 0.4) is 0 Å². The van der Waals surface area contributed by atoms with Crippen molar-refractivity contribution in [2.24, 2.45) is 0 Å². The van der Waals surface area contributed by atoms with E-state index in [0.29, 0.717) is 18.7 Å². The average molecular weight is 259 g/mol. The summed E-state index contributed by atoms with van der Waals surface area (Å²) in [5, 5.41) is 5.32. The molecule has 0 saturated carbocycles. The maximum atomic E-state index is 11.6. The van der Waals surface area contributed by atoms with E-state index < -0.39 is 0 Å². The molecule has 0 aliphatic carbocycles. The summed E-state index contributed by atoms with van der Waals surface area (Å²) >= 11 is 0. The van der Waals surface area contributed by atoms with Crippen molar-refractivity contribution in [3.05, 3.63) is 54.2 Å². The fourth-order valence-electron chi connectivity index (χ4n) is 1.45. The van der Waals surface area contributed by atoms with Gasteiger partial charge in [-0.15, -0.1) is 0 Å². The van der Waals surface area contributed by atoms with Gasteiger partial charge in [0.05, 0.1) is 6.26 Å². The van der Waals surface area contributed by atoms with E-state index in [-0.39, 0.29) is 17.6 Å². The second-order valence-corrected chi connectivity index (χ2v) is 3.72. The maximum Gasteiger partial charge on any atom is 0.287 e. The van der Waals surface area contributed by atoms with E-state index in [1.165, 1.54) is 6.26 Å². The van der Waals surface area contributed by atoms with Crippen LogP contribution < -0.4 is 10.6 Å². The minimum Gasteiger partial charge on any atom is -0.459 e. The molecule has 0 saturated heterocycles. The first-order valence-electron chi connectivity index (χ1n) is 5.77. The number of hydrogen-bond acceptors (Lipinski definition) is 4. The Kier molecular flexibility index (Phi) is 4.28. The molecule has 0 radical (unpaired) electrons. The topological polar surface area (TPSA) is 84.2 Å². The van der Waals surface area contributed by atoms with Gasteiger partial charge in [-0.1, -0.05) is 0 Å². The Labute approximate surface area is 109 Å². The summed E-state index contributed by atoms with van der Waals surface area (Å²) in [6.45, 7) is 0.671. The second-order valence-electron chi connectivity index (χ2n) is 3.72. The summed E-state index contributed by atoms with van der Waals surface area (Å²) in [5.41, 5.74) is 0.535. The average Bonchev–Trinajstić information content (AvgIpc) is 2.98. The minimum absolute atomic E-state index is 0.199. The molecule has 2 N–H and O–H groups in total. The first kappa shape index (κ1) is 12.8. The van der Waals surface area contributed by atoms with Gasteiger partial charge < -0.3 is 15.1 Å². The Hall–Kier alpha value is -2.63. The van der Waals surface area contributed by atoms with Gasteiger partial charge in [-0.2, -0.15) is 0 Å². The largest absolute Gasteiger partial charge is 0.459 e. The van der Waals surface area contributed by atoms with E-state index in [4.69, 9.17) is 4.42 Å². The Morgan fingerprint density at radius 1 is 1.05 bits per heavy atom. The number of pyridine rings is 1. The fraction of sp³-hybridized carbons (Fsp3) is 0.154. The molecule has 2 aromatic rings. The van der Waals surface area contributed by atoms with Gasteiger partial charge in [-0.05, 0) is 24.3 Å². The zero-order chi connectivity index (χ0) is 13.5. The zero-order valence-corrected chi connectivity index (χ0v) is 10.1. The molecule has 0 spiro atoms. The second kappa shape index (κ2) is 6.34. The molecule has 0 fully saturated rings. The van der Waals surface area contributed by atoms with Gasteiger partial charge in [-0.25, -0.2) is 0 Å². The van der Waals surface area contributed by atoms with Crippen LogP contribution in [0, 0.1) is 0 Å². The van der Waals surface area contributed by atoms with E-state index in [1.807, 2.05) is 0 Å². The summed E-state index contributed by atoms with van der Waals surface area (Å²) < 4.78 is 4.94. The number of rotatable bonds is 5. The summed E-state index contributed by atoms with van der Waals surface area (Å²) in [7, 11) is 0. The van der Waals surface area contributed by atoms with Gasteiger partial charge in [0.25, 0.3) is 11.8 Å². The predicted octanol–water partition coefficient (Wildman–Crippen LogP) is 0.834. The molecule has 2 aromatic heterocycles. The van der Waals surface area contributed by atoms with Crippen LogP contribution in [0.15, 0.2) is 47.3 Å².